The van der Waals surface area contributed by atoms with Gasteiger partial charge in [0.05, 0.1) is 0 Å². The van der Waals surface area contributed by atoms with Crippen molar-refractivity contribution in [3.05, 3.63) is 24.3 Å². The van der Waals surface area contributed by atoms with Crippen LogP contribution >= 0.6 is 0 Å². The average Bonchev–Trinajstić information content (AvgIpc) is 2.36. The van der Waals surface area contributed by atoms with Crippen LogP contribution in [0.15, 0.2) is 24.3 Å². The van der Waals surface area contributed by atoms with Crippen molar-refractivity contribution in [2.24, 2.45) is 5.41 Å². The molecule has 0 spiro atoms. The second kappa shape index (κ2) is 7.42. The molecule has 0 unspecified atom stereocenters. The first kappa shape index (κ1) is 15.9. The average molecular weight is 262 g/mol. The lowest BCUT2D eigenvalue weighted by Crippen LogP contribution is -2.24. The molecule has 19 heavy (non-hydrogen) atoms. The molecule has 108 valence electrons. The minimum atomic E-state index is 0.315. The van der Waals surface area contributed by atoms with Crippen molar-refractivity contribution in [1.29, 1.82) is 0 Å². The molecule has 0 aliphatic heterocycles. The van der Waals surface area contributed by atoms with E-state index in [-0.39, 0.29) is 0 Å². The van der Waals surface area contributed by atoms with Crippen LogP contribution in [-0.4, -0.2) is 19.6 Å². The Morgan fingerprint density at radius 1 is 0.947 bits per heavy atom. The summed E-state index contributed by atoms with van der Waals surface area (Å²) in [5.74, 6) is 0. The van der Waals surface area contributed by atoms with Crippen LogP contribution in [0.4, 0.5) is 11.4 Å². The minimum Gasteiger partial charge on any atom is -0.385 e. The largest absolute Gasteiger partial charge is 0.385 e. The zero-order chi connectivity index (χ0) is 14.3. The van der Waals surface area contributed by atoms with Gasteiger partial charge in [0.25, 0.3) is 0 Å². The van der Waals surface area contributed by atoms with Crippen molar-refractivity contribution >= 4 is 11.4 Å². The second-order valence-electron chi connectivity index (χ2n) is 6.45. The van der Waals surface area contributed by atoms with Gasteiger partial charge >= 0.3 is 0 Å². The zero-order valence-corrected chi connectivity index (χ0v) is 13.3. The van der Waals surface area contributed by atoms with Crippen LogP contribution in [0.25, 0.3) is 0 Å². The van der Waals surface area contributed by atoms with Crippen LogP contribution in [0.5, 0.6) is 0 Å². The Labute approximate surface area is 119 Å². The molecule has 0 heterocycles. The fourth-order valence-corrected chi connectivity index (χ4v) is 2.07. The highest BCUT2D eigenvalue weighted by molar-refractivity contribution is 5.55. The van der Waals surface area contributed by atoms with Gasteiger partial charge in [-0.3, -0.25) is 0 Å². The van der Waals surface area contributed by atoms with E-state index < -0.39 is 0 Å². The van der Waals surface area contributed by atoms with Gasteiger partial charge in [-0.05, 0) is 42.5 Å². The molecule has 2 nitrogen and oxygen atoms in total. The van der Waals surface area contributed by atoms with E-state index in [1.54, 1.807) is 0 Å². The van der Waals surface area contributed by atoms with Crippen LogP contribution in [0.3, 0.4) is 0 Å². The molecule has 1 rings (SSSR count). The number of nitrogens with zero attached hydrogens (tertiary/aromatic N) is 1. The van der Waals surface area contributed by atoms with E-state index in [9.17, 15) is 0 Å². The van der Waals surface area contributed by atoms with Gasteiger partial charge in [0.2, 0.25) is 0 Å². The Kier molecular flexibility index (Phi) is 6.20. The number of anilines is 2. The van der Waals surface area contributed by atoms with Crippen molar-refractivity contribution < 1.29 is 0 Å². The normalized spacial score (nSPS) is 11.4. The monoisotopic (exact) mass is 262 g/mol. The minimum absolute atomic E-state index is 0.315. The van der Waals surface area contributed by atoms with Crippen molar-refractivity contribution in [3.8, 4) is 0 Å². The molecule has 0 atom stereocenters. The van der Waals surface area contributed by atoms with E-state index in [0.29, 0.717) is 5.41 Å². The number of nitrogens with one attached hydrogen (secondary N) is 1. The topological polar surface area (TPSA) is 15.3 Å². The molecule has 0 aliphatic rings. The molecule has 0 aliphatic carbocycles. The molecule has 0 amide bonds. The Hall–Kier alpha value is -1.18. The summed E-state index contributed by atoms with van der Waals surface area (Å²) in [5.41, 5.74) is 2.87. The van der Waals surface area contributed by atoms with Gasteiger partial charge in [-0.1, -0.05) is 34.6 Å². The SMILES string of the molecule is CCCN(CCC)c1ccc(NCC(C)(C)C)cc1. The smallest absolute Gasteiger partial charge is 0.0367 e. The first-order valence-electron chi connectivity index (χ1n) is 7.55. The number of hydrogen-bond donors (Lipinski definition) is 1. The highest BCUT2D eigenvalue weighted by atomic mass is 15.1. The van der Waals surface area contributed by atoms with Crippen LogP contribution in [0, 0.1) is 5.41 Å². The summed E-state index contributed by atoms with van der Waals surface area (Å²) in [4.78, 5) is 2.47. The lowest BCUT2D eigenvalue weighted by molar-refractivity contribution is 0.443. The predicted molar refractivity (Wildman–Crippen MR) is 87.2 cm³/mol. The van der Waals surface area contributed by atoms with Gasteiger partial charge in [0, 0.05) is 31.0 Å². The van der Waals surface area contributed by atoms with E-state index >= 15 is 0 Å². The van der Waals surface area contributed by atoms with E-state index in [0.717, 1.165) is 19.6 Å². The quantitative estimate of drug-likeness (QED) is 0.761. The summed E-state index contributed by atoms with van der Waals surface area (Å²) >= 11 is 0. The first-order chi connectivity index (χ1) is 8.96. The van der Waals surface area contributed by atoms with Crippen molar-refractivity contribution in [2.75, 3.05) is 29.9 Å². The van der Waals surface area contributed by atoms with Gasteiger partial charge in [-0.2, -0.15) is 0 Å². The Morgan fingerprint density at radius 2 is 1.47 bits per heavy atom. The van der Waals surface area contributed by atoms with Gasteiger partial charge in [-0.15, -0.1) is 0 Å². The number of benzene rings is 1. The molecule has 0 saturated heterocycles. The first-order valence-corrected chi connectivity index (χ1v) is 7.55. The zero-order valence-electron chi connectivity index (χ0n) is 13.3. The van der Waals surface area contributed by atoms with Crippen LogP contribution in [0.1, 0.15) is 47.5 Å². The van der Waals surface area contributed by atoms with E-state index in [1.165, 1.54) is 24.2 Å². The van der Waals surface area contributed by atoms with E-state index in [1.807, 2.05) is 0 Å². The van der Waals surface area contributed by atoms with Crippen molar-refractivity contribution in [3.63, 3.8) is 0 Å². The van der Waals surface area contributed by atoms with Crippen molar-refractivity contribution in [2.45, 2.75) is 47.5 Å². The van der Waals surface area contributed by atoms with Crippen LogP contribution in [0.2, 0.25) is 0 Å². The standard InChI is InChI=1S/C17H30N2/c1-6-12-19(13-7-2)16-10-8-15(9-11-16)18-14-17(3,4)5/h8-11,18H,6-7,12-14H2,1-5H3. The van der Waals surface area contributed by atoms with Crippen molar-refractivity contribution in [1.82, 2.24) is 0 Å². The summed E-state index contributed by atoms with van der Waals surface area (Å²) in [5, 5.41) is 3.50. The number of rotatable bonds is 7. The lowest BCUT2D eigenvalue weighted by Gasteiger charge is -2.24. The lowest BCUT2D eigenvalue weighted by atomic mass is 9.97. The molecule has 1 aromatic rings. The van der Waals surface area contributed by atoms with Gasteiger partial charge in [0.1, 0.15) is 0 Å². The molecule has 0 saturated carbocycles. The fraction of sp³-hybridized carbons (Fsp3) is 0.647. The molecule has 0 fully saturated rings. The summed E-state index contributed by atoms with van der Waals surface area (Å²) in [6.45, 7) is 14.5. The summed E-state index contributed by atoms with van der Waals surface area (Å²) in [6.07, 6.45) is 2.40. The van der Waals surface area contributed by atoms with Gasteiger partial charge < -0.3 is 10.2 Å². The third-order valence-electron chi connectivity index (χ3n) is 3.04. The summed E-state index contributed by atoms with van der Waals surface area (Å²) < 4.78 is 0. The Bertz CT molecular complexity index is 343. The highest BCUT2D eigenvalue weighted by Crippen LogP contribution is 2.20. The second-order valence-corrected chi connectivity index (χ2v) is 6.45. The maximum Gasteiger partial charge on any atom is 0.0367 e. The molecular weight excluding hydrogens is 232 g/mol. The molecule has 0 aromatic heterocycles. The molecule has 2 heteroatoms. The van der Waals surface area contributed by atoms with Crippen LogP contribution in [-0.2, 0) is 0 Å². The highest BCUT2D eigenvalue weighted by Gasteiger charge is 2.09. The molecule has 1 N–H and O–H groups in total. The molecule has 0 radical (unpaired) electrons. The molecular formula is C17H30N2. The summed E-state index contributed by atoms with van der Waals surface area (Å²) in [6, 6.07) is 8.85. The number of hydrogen-bond acceptors (Lipinski definition) is 2. The van der Waals surface area contributed by atoms with E-state index in [2.05, 4.69) is 69.1 Å². The van der Waals surface area contributed by atoms with E-state index in [4.69, 9.17) is 0 Å². The summed E-state index contributed by atoms with van der Waals surface area (Å²) in [7, 11) is 0. The predicted octanol–water partition coefficient (Wildman–Crippen LogP) is 4.77. The van der Waals surface area contributed by atoms with Crippen LogP contribution < -0.4 is 10.2 Å². The third-order valence-corrected chi connectivity index (χ3v) is 3.04. The molecule has 1 aromatic carbocycles. The Morgan fingerprint density at radius 3 is 1.89 bits per heavy atom. The molecule has 0 bridgehead atoms. The maximum absolute atomic E-state index is 3.50. The fourth-order valence-electron chi connectivity index (χ4n) is 2.07. The maximum atomic E-state index is 3.50. The van der Waals surface area contributed by atoms with Gasteiger partial charge in [-0.25, -0.2) is 0 Å². The Balaban J connectivity index is 2.63. The van der Waals surface area contributed by atoms with Gasteiger partial charge in [0.15, 0.2) is 0 Å². The third kappa shape index (κ3) is 6.00.